The minimum atomic E-state index is -0.130. The third-order valence-corrected chi connectivity index (χ3v) is 12.6. The van der Waals surface area contributed by atoms with Crippen molar-refractivity contribution in [3.05, 3.63) is 115 Å². The molecule has 0 unspecified atom stereocenters. The van der Waals surface area contributed by atoms with Crippen LogP contribution in [0.5, 0.6) is 23.0 Å². The van der Waals surface area contributed by atoms with E-state index in [4.69, 9.17) is 0 Å². The zero-order chi connectivity index (χ0) is 54.4. The summed E-state index contributed by atoms with van der Waals surface area (Å²) in [5.41, 5.74) is 12.5. The number of hydrogen-bond donors (Lipinski definition) is 5. The molecule has 4 rings (SSSR count). The molecule has 0 aliphatic heterocycles. The maximum Gasteiger partial charge on any atom is 0.123 e. The Labute approximate surface area is 424 Å². The molecular weight excluding hydrogens is 849 g/mol. The van der Waals surface area contributed by atoms with Gasteiger partial charge in [0.1, 0.15) is 23.0 Å². The molecule has 5 nitrogen and oxygen atoms in total. The van der Waals surface area contributed by atoms with Crippen LogP contribution in [0.3, 0.4) is 0 Å². The number of aromatic hydroxyl groups is 4. The third-order valence-electron chi connectivity index (χ3n) is 12.6. The standard InChI is InChI=1S/C18H30O.C16H26O.C15H24O2.C15H24O/c1-8-9-10-13-11-14(17(2,3)4)16(19)15(12-13)18(5,6)7;1-8-11-9-12(15(2,3)4)14(17)13(10-11)16(5,6)7;1-14(2,3)11-7-10(9-16)8-12(13(11)17)15(4,5)6;1-10-8-11(14(2,3)4)13(16)12(9-10)15(5,6)7/h11-12,19H,8-10H2,1-7H3;9-10,17H,8H2,1-7H3;7-8,16-17H,9H2,1-6H3;8-9,16H,1-7H3. The summed E-state index contributed by atoms with van der Waals surface area (Å²) in [6.45, 7) is 57.5. The van der Waals surface area contributed by atoms with Crippen molar-refractivity contribution in [2.75, 3.05) is 0 Å². The molecule has 0 aliphatic carbocycles. The molecule has 0 radical (unpaired) electrons. The van der Waals surface area contributed by atoms with E-state index in [1.54, 1.807) is 0 Å². The monoisotopic (exact) mass is 953 g/mol. The highest BCUT2D eigenvalue weighted by atomic mass is 16.3. The van der Waals surface area contributed by atoms with Gasteiger partial charge in [-0.25, -0.2) is 0 Å². The predicted octanol–water partition coefficient (Wildman–Crippen LogP) is 17.7. The summed E-state index contributed by atoms with van der Waals surface area (Å²) in [4.78, 5) is 0. The van der Waals surface area contributed by atoms with E-state index in [1.807, 2.05) is 12.1 Å². The molecule has 0 aliphatic rings. The molecular formula is C64H104O5. The first-order chi connectivity index (χ1) is 30.7. The van der Waals surface area contributed by atoms with Crippen molar-refractivity contribution in [3.8, 4) is 23.0 Å². The van der Waals surface area contributed by atoms with Gasteiger partial charge in [-0.05, 0) is 143 Å². The molecule has 4 aromatic rings. The molecule has 0 saturated carbocycles. The number of unbranched alkanes of at least 4 members (excludes halogenated alkanes) is 1. The Kier molecular flexibility index (Phi) is 21.1. The topological polar surface area (TPSA) is 101 Å². The van der Waals surface area contributed by atoms with E-state index >= 15 is 0 Å². The van der Waals surface area contributed by atoms with E-state index in [0.29, 0.717) is 23.0 Å². The molecule has 0 saturated heterocycles. The lowest BCUT2D eigenvalue weighted by Gasteiger charge is -2.28. The fourth-order valence-corrected chi connectivity index (χ4v) is 8.26. The number of aliphatic hydroxyl groups is 1. The van der Waals surface area contributed by atoms with Crippen LogP contribution in [0.25, 0.3) is 0 Å². The average molecular weight is 954 g/mol. The van der Waals surface area contributed by atoms with Crippen molar-refractivity contribution in [2.24, 2.45) is 0 Å². The quantitative estimate of drug-likeness (QED) is 0.137. The zero-order valence-corrected chi connectivity index (χ0v) is 49.4. The molecule has 0 aromatic heterocycles. The molecule has 0 bridgehead atoms. The Bertz CT molecular complexity index is 2060. The van der Waals surface area contributed by atoms with Crippen LogP contribution in [-0.4, -0.2) is 25.5 Å². The smallest absolute Gasteiger partial charge is 0.123 e. The Morgan fingerprint density at radius 3 is 0.710 bits per heavy atom. The highest BCUT2D eigenvalue weighted by molar-refractivity contribution is 5.53. The molecule has 0 fully saturated rings. The van der Waals surface area contributed by atoms with Crippen LogP contribution in [0.4, 0.5) is 0 Å². The summed E-state index contributed by atoms with van der Waals surface area (Å²) in [7, 11) is 0. The van der Waals surface area contributed by atoms with Crippen LogP contribution in [0.1, 0.15) is 260 Å². The maximum atomic E-state index is 10.6. The van der Waals surface area contributed by atoms with Gasteiger partial charge >= 0.3 is 0 Å². The largest absolute Gasteiger partial charge is 0.507 e. The van der Waals surface area contributed by atoms with E-state index in [1.165, 1.54) is 29.5 Å². The van der Waals surface area contributed by atoms with Gasteiger partial charge in [-0.15, -0.1) is 0 Å². The number of aliphatic hydroxyl groups excluding tert-OH is 1. The lowest BCUT2D eigenvalue weighted by Crippen LogP contribution is -2.18. The SMILES string of the molecule is CC(C)(C)c1cc(CO)cc(C(C)(C)C)c1O.CCCCc1cc(C(C)(C)C)c(O)c(C(C)(C)C)c1.CCc1cc(C(C)(C)C)c(O)c(C(C)(C)C)c1.Cc1cc(C(C)(C)C)c(O)c(C(C)(C)C)c1. The number of rotatable bonds is 5. The first kappa shape index (κ1) is 63.1. The van der Waals surface area contributed by atoms with Crippen molar-refractivity contribution in [2.45, 2.75) is 263 Å². The van der Waals surface area contributed by atoms with Crippen LogP contribution in [0.2, 0.25) is 0 Å². The van der Waals surface area contributed by atoms with Crippen LogP contribution < -0.4 is 0 Å². The molecule has 0 spiro atoms. The summed E-state index contributed by atoms with van der Waals surface area (Å²) >= 11 is 0. The van der Waals surface area contributed by atoms with Gasteiger partial charge in [0.15, 0.2) is 0 Å². The van der Waals surface area contributed by atoms with Crippen LogP contribution in [0, 0.1) is 6.92 Å². The van der Waals surface area contributed by atoms with Gasteiger partial charge in [0.05, 0.1) is 6.61 Å². The second-order valence-electron chi connectivity index (χ2n) is 27.9. The van der Waals surface area contributed by atoms with Crippen molar-refractivity contribution in [3.63, 3.8) is 0 Å². The minimum absolute atomic E-state index is 0.00639. The van der Waals surface area contributed by atoms with E-state index < -0.39 is 0 Å². The number of aryl methyl sites for hydroxylation is 3. The summed E-state index contributed by atoms with van der Waals surface area (Å²) in [6, 6.07) is 16.6. The van der Waals surface area contributed by atoms with Crippen molar-refractivity contribution in [1.29, 1.82) is 0 Å². The minimum Gasteiger partial charge on any atom is -0.507 e. The molecule has 4 aromatic carbocycles. The number of benzene rings is 4. The van der Waals surface area contributed by atoms with Crippen molar-refractivity contribution in [1.82, 2.24) is 0 Å². The Balaban J connectivity index is 0.000000461. The number of hydrogen-bond acceptors (Lipinski definition) is 5. The normalized spacial score (nSPS) is 12.9. The second kappa shape index (κ2) is 23.1. The third kappa shape index (κ3) is 18.3. The van der Waals surface area contributed by atoms with Crippen LogP contribution >= 0.6 is 0 Å². The second-order valence-corrected chi connectivity index (χ2v) is 27.9. The van der Waals surface area contributed by atoms with Gasteiger partial charge < -0.3 is 25.5 Å². The lowest BCUT2D eigenvalue weighted by molar-refractivity contribution is 0.281. The van der Waals surface area contributed by atoms with Crippen LogP contribution in [-0.2, 0) is 62.8 Å². The predicted molar refractivity (Wildman–Crippen MR) is 301 cm³/mol. The summed E-state index contributed by atoms with van der Waals surface area (Å²) in [6.07, 6.45) is 4.52. The van der Waals surface area contributed by atoms with Gasteiger partial charge in [-0.2, -0.15) is 0 Å². The molecule has 0 heterocycles. The Morgan fingerprint density at radius 1 is 0.319 bits per heavy atom. The Morgan fingerprint density at radius 2 is 0.522 bits per heavy atom. The maximum absolute atomic E-state index is 10.6. The zero-order valence-electron chi connectivity index (χ0n) is 49.4. The van der Waals surface area contributed by atoms with Gasteiger partial charge in [0.2, 0.25) is 0 Å². The lowest BCUT2D eigenvalue weighted by atomic mass is 9.78. The summed E-state index contributed by atoms with van der Waals surface area (Å²) < 4.78 is 0. The van der Waals surface area contributed by atoms with E-state index in [2.05, 4.69) is 223 Å². The van der Waals surface area contributed by atoms with E-state index in [9.17, 15) is 25.5 Å². The molecule has 69 heavy (non-hydrogen) atoms. The number of phenolic OH excluding ortho intramolecular Hbond substituents is 4. The number of phenols is 4. The van der Waals surface area contributed by atoms with Crippen LogP contribution in [0.15, 0.2) is 48.5 Å². The molecule has 0 amide bonds. The summed E-state index contributed by atoms with van der Waals surface area (Å²) in [5, 5.41) is 51.2. The van der Waals surface area contributed by atoms with E-state index in [-0.39, 0.29) is 49.9 Å². The first-order valence-corrected chi connectivity index (χ1v) is 25.8. The highest BCUT2D eigenvalue weighted by Gasteiger charge is 2.30. The fourth-order valence-electron chi connectivity index (χ4n) is 8.26. The van der Waals surface area contributed by atoms with Gasteiger partial charge in [-0.1, -0.05) is 228 Å². The molecule has 5 N–H and O–H groups in total. The average Bonchev–Trinajstić information content (AvgIpc) is 3.15. The van der Waals surface area contributed by atoms with Gasteiger partial charge in [0, 0.05) is 0 Å². The molecule has 390 valence electrons. The fraction of sp³-hybridized carbons (Fsp3) is 0.625. The van der Waals surface area contributed by atoms with Crippen molar-refractivity contribution >= 4 is 0 Å². The first-order valence-electron chi connectivity index (χ1n) is 25.8. The summed E-state index contributed by atoms with van der Waals surface area (Å²) in [5.74, 6) is 1.79. The van der Waals surface area contributed by atoms with E-state index in [0.717, 1.165) is 62.9 Å². The highest BCUT2D eigenvalue weighted by Crippen LogP contribution is 2.43. The molecule has 5 heteroatoms. The Hall–Kier alpha value is -3.96. The van der Waals surface area contributed by atoms with Crippen molar-refractivity contribution < 1.29 is 25.5 Å². The molecule has 0 atom stereocenters. The van der Waals surface area contributed by atoms with Gasteiger partial charge in [-0.3, -0.25) is 0 Å². The van der Waals surface area contributed by atoms with Gasteiger partial charge in [0.25, 0.3) is 0 Å².